The van der Waals surface area contributed by atoms with Crippen LogP contribution in [-0.2, 0) is 0 Å². The lowest BCUT2D eigenvalue weighted by Gasteiger charge is -2.18. The van der Waals surface area contributed by atoms with Crippen LogP contribution >= 0.6 is 0 Å². The van der Waals surface area contributed by atoms with Gasteiger partial charge in [-0.15, -0.1) is 0 Å². The van der Waals surface area contributed by atoms with Crippen molar-refractivity contribution in [2.75, 3.05) is 13.2 Å². The summed E-state index contributed by atoms with van der Waals surface area (Å²) in [7, 11) is 0. The Morgan fingerprint density at radius 2 is 1.62 bits per heavy atom. The first-order valence-electron chi connectivity index (χ1n) is 8.31. The molecular weight excluding hydrogens is 298 g/mol. The Morgan fingerprint density at radius 1 is 0.917 bits per heavy atom. The van der Waals surface area contributed by atoms with Gasteiger partial charge in [0.15, 0.2) is 0 Å². The van der Waals surface area contributed by atoms with E-state index in [9.17, 15) is 5.11 Å². The molecule has 24 heavy (non-hydrogen) atoms. The van der Waals surface area contributed by atoms with Gasteiger partial charge in [-0.05, 0) is 23.9 Å². The molecule has 3 nitrogen and oxygen atoms in total. The number of fused-ring (bicyclic) bond motifs is 1. The van der Waals surface area contributed by atoms with E-state index in [-0.39, 0.29) is 12.6 Å². The summed E-state index contributed by atoms with van der Waals surface area (Å²) in [6.07, 6.45) is -0.560. The van der Waals surface area contributed by atoms with Gasteiger partial charge in [-0.2, -0.15) is 0 Å². The van der Waals surface area contributed by atoms with Gasteiger partial charge in [-0.25, -0.2) is 0 Å². The first kappa shape index (κ1) is 16.5. The van der Waals surface area contributed by atoms with Crippen LogP contribution in [0, 0.1) is 0 Å². The molecule has 0 saturated carbocycles. The van der Waals surface area contributed by atoms with Crippen molar-refractivity contribution in [3.63, 3.8) is 0 Å². The van der Waals surface area contributed by atoms with Crippen LogP contribution in [-0.4, -0.2) is 24.4 Å². The highest BCUT2D eigenvalue weighted by Gasteiger charge is 2.10. The number of aliphatic hydroxyl groups excluding tert-OH is 1. The highest BCUT2D eigenvalue weighted by Crippen LogP contribution is 2.25. The molecule has 0 radical (unpaired) electrons. The zero-order valence-electron chi connectivity index (χ0n) is 13.9. The number of nitrogens with one attached hydrogen (secondary N) is 1. The van der Waals surface area contributed by atoms with E-state index in [1.807, 2.05) is 48.5 Å². The largest absolute Gasteiger partial charge is 0.490 e. The molecule has 3 heteroatoms. The number of aliphatic hydroxyl groups is 1. The van der Waals surface area contributed by atoms with Crippen LogP contribution in [0.2, 0.25) is 0 Å². The molecule has 2 N–H and O–H groups in total. The lowest BCUT2D eigenvalue weighted by molar-refractivity contribution is 0.105. The molecule has 0 aliphatic heterocycles. The Hall–Kier alpha value is -2.36. The van der Waals surface area contributed by atoms with E-state index >= 15 is 0 Å². The Bertz CT molecular complexity index is 768. The van der Waals surface area contributed by atoms with Gasteiger partial charge >= 0.3 is 0 Å². The lowest BCUT2D eigenvalue weighted by Crippen LogP contribution is -2.33. The Labute approximate surface area is 142 Å². The zero-order chi connectivity index (χ0) is 16.8. The van der Waals surface area contributed by atoms with Crippen LogP contribution in [0.1, 0.15) is 18.5 Å². The van der Waals surface area contributed by atoms with Crippen molar-refractivity contribution in [3.8, 4) is 5.75 Å². The molecule has 3 aromatic carbocycles. The van der Waals surface area contributed by atoms with E-state index in [1.165, 1.54) is 5.56 Å². The summed E-state index contributed by atoms with van der Waals surface area (Å²) in [4.78, 5) is 0. The van der Waals surface area contributed by atoms with Crippen LogP contribution < -0.4 is 10.1 Å². The Balaban J connectivity index is 1.53. The third-order valence-corrected chi connectivity index (χ3v) is 4.14. The topological polar surface area (TPSA) is 41.5 Å². The maximum absolute atomic E-state index is 10.2. The quantitative estimate of drug-likeness (QED) is 0.693. The van der Waals surface area contributed by atoms with Crippen LogP contribution in [0.4, 0.5) is 0 Å². The minimum atomic E-state index is -0.560. The molecule has 0 aromatic heterocycles. The van der Waals surface area contributed by atoms with Gasteiger partial charge in [0.1, 0.15) is 18.5 Å². The third kappa shape index (κ3) is 4.13. The average Bonchev–Trinajstić information content (AvgIpc) is 2.65. The van der Waals surface area contributed by atoms with Gasteiger partial charge in [0.2, 0.25) is 0 Å². The van der Waals surface area contributed by atoms with E-state index in [4.69, 9.17) is 4.74 Å². The van der Waals surface area contributed by atoms with Crippen LogP contribution in [0.5, 0.6) is 5.75 Å². The molecule has 0 fully saturated rings. The molecule has 124 valence electrons. The molecule has 0 unspecified atom stereocenters. The standard InChI is InChI=1S/C21H23NO2/c1-16(17-8-3-2-4-9-17)22-14-19(23)15-24-21-13-7-11-18-10-5-6-12-20(18)21/h2-13,16,19,22-23H,14-15H2,1H3/t16-,19-/m0/s1. The van der Waals surface area contributed by atoms with E-state index in [1.54, 1.807) is 0 Å². The predicted octanol–water partition coefficient (Wildman–Crippen LogP) is 3.93. The zero-order valence-corrected chi connectivity index (χ0v) is 13.9. The van der Waals surface area contributed by atoms with Crippen molar-refractivity contribution in [3.05, 3.63) is 78.4 Å². The van der Waals surface area contributed by atoms with Crippen molar-refractivity contribution in [1.82, 2.24) is 5.32 Å². The Morgan fingerprint density at radius 3 is 2.46 bits per heavy atom. The first-order chi connectivity index (χ1) is 11.7. The molecule has 0 saturated heterocycles. The number of rotatable bonds is 7. The highest BCUT2D eigenvalue weighted by atomic mass is 16.5. The number of ether oxygens (including phenoxy) is 1. The van der Waals surface area contributed by atoms with Crippen molar-refractivity contribution in [2.45, 2.75) is 19.1 Å². The van der Waals surface area contributed by atoms with Crippen molar-refractivity contribution in [2.24, 2.45) is 0 Å². The summed E-state index contributed by atoms with van der Waals surface area (Å²) in [5.41, 5.74) is 1.21. The normalized spacial score (nSPS) is 13.6. The molecule has 0 bridgehead atoms. The highest BCUT2D eigenvalue weighted by molar-refractivity contribution is 5.88. The second kappa shape index (κ2) is 7.95. The molecule has 0 aliphatic rings. The SMILES string of the molecule is C[C@H](NC[C@H](O)COc1cccc2ccccc12)c1ccccc1. The van der Waals surface area contributed by atoms with E-state index in [2.05, 4.69) is 36.5 Å². The first-order valence-corrected chi connectivity index (χ1v) is 8.31. The van der Waals surface area contributed by atoms with E-state index in [0.29, 0.717) is 6.54 Å². The minimum absolute atomic E-state index is 0.193. The Kier molecular flexibility index (Phi) is 5.47. The third-order valence-electron chi connectivity index (χ3n) is 4.14. The predicted molar refractivity (Wildman–Crippen MR) is 98.3 cm³/mol. The van der Waals surface area contributed by atoms with Gasteiger partial charge in [0, 0.05) is 18.0 Å². The summed E-state index contributed by atoms with van der Waals surface area (Å²) >= 11 is 0. The number of benzene rings is 3. The monoisotopic (exact) mass is 321 g/mol. The summed E-state index contributed by atoms with van der Waals surface area (Å²) in [5.74, 6) is 0.809. The lowest BCUT2D eigenvalue weighted by atomic mass is 10.1. The molecule has 0 heterocycles. The average molecular weight is 321 g/mol. The van der Waals surface area contributed by atoms with Gasteiger partial charge < -0.3 is 15.2 Å². The molecule has 3 aromatic rings. The van der Waals surface area contributed by atoms with Crippen molar-refractivity contribution >= 4 is 10.8 Å². The summed E-state index contributed by atoms with van der Waals surface area (Å²) in [6.45, 7) is 2.84. The van der Waals surface area contributed by atoms with Crippen LogP contribution in [0.25, 0.3) is 10.8 Å². The fraction of sp³-hybridized carbons (Fsp3) is 0.238. The fourth-order valence-corrected chi connectivity index (χ4v) is 2.74. The molecule has 0 amide bonds. The van der Waals surface area contributed by atoms with Gasteiger partial charge in [-0.3, -0.25) is 0 Å². The second-order valence-electron chi connectivity index (χ2n) is 5.98. The second-order valence-corrected chi connectivity index (χ2v) is 5.98. The molecule has 2 atom stereocenters. The number of hydrogen-bond acceptors (Lipinski definition) is 3. The summed E-state index contributed by atoms with van der Waals surface area (Å²) < 4.78 is 5.83. The van der Waals surface area contributed by atoms with E-state index in [0.717, 1.165) is 16.5 Å². The van der Waals surface area contributed by atoms with Crippen molar-refractivity contribution < 1.29 is 9.84 Å². The summed E-state index contributed by atoms with van der Waals surface area (Å²) in [5, 5.41) is 15.7. The van der Waals surface area contributed by atoms with E-state index < -0.39 is 6.10 Å². The molecule has 0 aliphatic carbocycles. The maximum Gasteiger partial charge on any atom is 0.127 e. The van der Waals surface area contributed by atoms with Crippen LogP contribution in [0.15, 0.2) is 72.8 Å². The van der Waals surface area contributed by atoms with Crippen LogP contribution in [0.3, 0.4) is 0 Å². The molecule has 0 spiro atoms. The fourth-order valence-electron chi connectivity index (χ4n) is 2.74. The number of hydrogen-bond donors (Lipinski definition) is 2. The summed E-state index contributed by atoms with van der Waals surface area (Å²) in [6, 6.07) is 24.5. The molecular formula is C21H23NO2. The van der Waals surface area contributed by atoms with Gasteiger partial charge in [0.25, 0.3) is 0 Å². The van der Waals surface area contributed by atoms with Crippen molar-refractivity contribution in [1.29, 1.82) is 0 Å². The van der Waals surface area contributed by atoms with Gasteiger partial charge in [0.05, 0.1) is 0 Å². The minimum Gasteiger partial charge on any atom is -0.490 e. The van der Waals surface area contributed by atoms with Gasteiger partial charge in [-0.1, -0.05) is 66.7 Å². The molecule has 3 rings (SSSR count). The smallest absolute Gasteiger partial charge is 0.127 e. The maximum atomic E-state index is 10.2.